The standard InChI is InChI=1S/C43H78O3Si2/c1-16-41(10,17-2)27-19-18-21-32(3)35-25-26-36-34(22-20-28-42(35,36)11)24-23-33-29-37(45-47(12,13)39(4,5)6)43(31-44-43)38(30-33)46-48(14,15)40(7,8)9/h18-19,21,24,27,32-33,35-38H,16-17,20,22-23,25-26,28-31H2,1-15H3/b21-18+,27-19+,34-24+/t32-,33?,35?,36?,37-,38+,42?,43?/m1/s1. The van der Waals surface area contributed by atoms with Crippen molar-refractivity contribution >= 4 is 16.6 Å². The zero-order chi connectivity index (χ0) is 36.0. The van der Waals surface area contributed by atoms with E-state index in [9.17, 15) is 0 Å². The van der Waals surface area contributed by atoms with E-state index < -0.39 is 16.6 Å². The first kappa shape index (κ1) is 40.3. The topological polar surface area (TPSA) is 31.0 Å². The fourth-order valence-electron chi connectivity index (χ4n) is 8.97. The Labute approximate surface area is 300 Å². The molecule has 8 atom stereocenters. The molecule has 1 spiro atoms. The predicted octanol–water partition coefficient (Wildman–Crippen LogP) is 13.1. The zero-order valence-electron chi connectivity index (χ0n) is 34.4. The Morgan fingerprint density at radius 1 is 0.875 bits per heavy atom. The SMILES string of the molecule is CCC(C)(/C=C/C=C/[C@@H](C)C1CCC2/C(=C/CC3C[C@H](O[Si](C)(C)C(C)(C)C)C4(CO4)[C@H](O[Si](C)(C)C(C)(C)C)C3)CCCC21C)CC. The van der Waals surface area contributed by atoms with E-state index in [-0.39, 0.29) is 27.9 Å². The number of rotatable bonds is 12. The van der Waals surface area contributed by atoms with Crippen molar-refractivity contribution in [3.63, 3.8) is 0 Å². The van der Waals surface area contributed by atoms with Gasteiger partial charge in [0.2, 0.25) is 0 Å². The van der Waals surface area contributed by atoms with E-state index in [0.717, 1.165) is 37.7 Å². The lowest BCUT2D eigenvalue weighted by atomic mass is 9.61. The van der Waals surface area contributed by atoms with Gasteiger partial charge in [0, 0.05) is 0 Å². The third-order valence-electron chi connectivity index (χ3n) is 15.2. The normalized spacial score (nSPS) is 35.2. The van der Waals surface area contributed by atoms with Gasteiger partial charge in [-0.25, -0.2) is 0 Å². The van der Waals surface area contributed by atoms with Crippen molar-refractivity contribution in [2.75, 3.05) is 6.61 Å². The number of ether oxygens (including phenoxy) is 1. The van der Waals surface area contributed by atoms with Crippen LogP contribution in [0, 0.1) is 34.5 Å². The summed E-state index contributed by atoms with van der Waals surface area (Å²) < 4.78 is 21.0. The van der Waals surface area contributed by atoms with Crippen LogP contribution in [-0.4, -0.2) is 41.1 Å². The molecule has 0 amide bonds. The fraction of sp³-hybridized carbons (Fsp3) is 0.860. The van der Waals surface area contributed by atoms with Crippen LogP contribution in [0.1, 0.15) is 140 Å². The van der Waals surface area contributed by atoms with Gasteiger partial charge in [0.15, 0.2) is 16.6 Å². The number of epoxide rings is 1. The second kappa shape index (κ2) is 14.5. The van der Waals surface area contributed by atoms with Crippen LogP contribution >= 0.6 is 0 Å². The highest BCUT2D eigenvalue weighted by Crippen LogP contribution is 2.60. The summed E-state index contributed by atoms with van der Waals surface area (Å²) in [6.07, 6.45) is 25.1. The first-order chi connectivity index (χ1) is 22.0. The molecule has 1 heterocycles. The highest BCUT2D eigenvalue weighted by molar-refractivity contribution is 6.74. The second-order valence-electron chi connectivity index (χ2n) is 20.4. The van der Waals surface area contributed by atoms with Crippen molar-refractivity contribution < 1.29 is 13.6 Å². The Balaban J connectivity index is 1.52. The second-order valence-corrected chi connectivity index (χ2v) is 29.9. The lowest BCUT2D eigenvalue weighted by Crippen LogP contribution is -2.58. The highest BCUT2D eigenvalue weighted by Gasteiger charge is 2.64. The minimum atomic E-state index is -1.97. The minimum Gasteiger partial charge on any atom is -0.411 e. The molecule has 3 aliphatic carbocycles. The van der Waals surface area contributed by atoms with Gasteiger partial charge in [-0.1, -0.05) is 112 Å². The summed E-state index contributed by atoms with van der Waals surface area (Å²) in [6.45, 7) is 36.8. The van der Waals surface area contributed by atoms with E-state index in [2.05, 4.69) is 133 Å². The third-order valence-corrected chi connectivity index (χ3v) is 24.1. The maximum absolute atomic E-state index is 7.29. The lowest BCUT2D eigenvalue weighted by Gasteiger charge is -2.49. The van der Waals surface area contributed by atoms with Crippen molar-refractivity contribution in [3.05, 3.63) is 36.0 Å². The summed E-state index contributed by atoms with van der Waals surface area (Å²) in [7, 11) is -3.94. The van der Waals surface area contributed by atoms with Gasteiger partial charge in [0.05, 0.1) is 18.8 Å². The number of fused-ring (bicyclic) bond motifs is 1. The zero-order valence-corrected chi connectivity index (χ0v) is 36.4. The average molecular weight is 699 g/mol. The molecule has 3 saturated carbocycles. The largest absolute Gasteiger partial charge is 0.411 e. The van der Waals surface area contributed by atoms with Crippen LogP contribution in [0.2, 0.25) is 36.3 Å². The smallest absolute Gasteiger partial charge is 0.192 e. The Kier molecular flexibility index (Phi) is 12.2. The molecule has 0 aromatic heterocycles. The minimum absolute atomic E-state index is 0.131. The maximum Gasteiger partial charge on any atom is 0.192 e. The Hall–Kier alpha value is -0.466. The van der Waals surface area contributed by atoms with Crippen molar-refractivity contribution in [2.24, 2.45) is 34.5 Å². The Bertz CT molecular complexity index is 1140. The van der Waals surface area contributed by atoms with E-state index in [4.69, 9.17) is 13.6 Å². The van der Waals surface area contributed by atoms with E-state index in [1.54, 1.807) is 5.57 Å². The molecule has 3 nitrogen and oxygen atoms in total. The van der Waals surface area contributed by atoms with E-state index in [0.29, 0.717) is 22.7 Å². The van der Waals surface area contributed by atoms with Crippen molar-refractivity contribution in [1.82, 2.24) is 0 Å². The molecule has 1 saturated heterocycles. The molecule has 276 valence electrons. The van der Waals surface area contributed by atoms with Crippen LogP contribution in [0.3, 0.4) is 0 Å². The van der Waals surface area contributed by atoms with E-state index >= 15 is 0 Å². The first-order valence-corrected chi connectivity index (χ1v) is 25.9. The predicted molar refractivity (Wildman–Crippen MR) is 213 cm³/mol. The van der Waals surface area contributed by atoms with E-state index in [1.807, 2.05) is 0 Å². The molecular weight excluding hydrogens is 621 g/mol. The molecule has 0 aromatic rings. The quantitative estimate of drug-likeness (QED) is 0.0880. The summed E-state index contributed by atoms with van der Waals surface area (Å²) in [4.78, 5) is 0. The Morgan fingerprint density at radius 2 is 1.42 bits per heavy atom. The molecule has 4 fully saturated rings. The van der Waals surface area contributed by atoms with Gasteiger partial charge in [-0.2, -0.15) is 0 Å². The number of hydrogen-bond donors (Lipinski definition) is 0. The van der Waals surface area contributed by atoms with Gasteiger partial charge < -0.3 is 13.6 Å². The molecule has 48 heavy (non-hydrogen) atoms. The van der Waals surface area contributed by atoms with Crippen molar-refractivity contribution in [2.45, 2.75) is 194 Å². The van der Waals surface area contributed by atoms with Crippen molar-refractivity contribution in [3.8, 4) is 0 Å². The summed E-state index contributed by atoms with van der Waals surface area (Å²) in [6, 6.07) is 0. The van der Waals surface area contributed by atoms with Crippen LogP contribution in [0.15, 0.2) is 36.0 Å². The van der Waals surface area contributed by atoms with Crippen molar-refractivity contribution in [1.29, 1.82) is 0 Å². The third kappa shape index (κ3) is 8.42. The fourth-order valence-corrected chi connectivity index (χ4v) is 11.7. The average Bonchev–Trinajstić information content (AvgIpc) is 3.70. The van der Waals surface area contributed by atoms with E-state index in [1.165, 1.54) is 44.9 Å². The van der Waals surface area contributed by atoms with Gasteiger partial charge in [-0.15, -0.1) is 0 Å². The van der Waals surface area contributed by atoms with Crippen LogP contribution < -0.4 is 0 Å². The van der Waals surface area contributed by atoms with Crippen LogP contribution in [-0.2, 0) is 13.6 Å². The van der Waals surface area contributed by atoms with Crippen LogP contribution in [0.25, 0.3) is 0 Å². The molecule has 0 radical (unpaired) electrons. The molecule has 5 heteroatoms. The molecule has 0 aromatic carbocycles. The van der Waals surface area contributed by atoms with Gasteiger partial charge in [0.1, 0.15) is 5.60 Å². The molecule has 4 rings (SSSR count). The summed E-state index contributed by atoms with van der Waals surface area (Å²) in [5.41, 5.74) is 2.26. The maximum atomic E-state index is 7.29. The summed E-state index contributed by atoms with van der Waals surface area (Å²) in [5, 5.41) is 0.348. The summed E-state index contributed by atoms with van der Waals surface area (Å²) in [5.74, 6) is 2.71. The summed E-state index contributed by atoms with van der Waals surface area (Å²) >= 11 is 0. The number of hydrogen-bond acceptors (Lipinski definition) is 3. The molecule has 1 aliphatic heterocycles. The molecule has 4 aliphatic rings. The first-order valence-electron chi connectivity index (χ1n) is 20.1. The molecule has 0 bridgehead atoms. The van der Waals surface area contributed by atoms with Crippen LogP contribution in [0.4, 0.5) is 0 Å². The highest BCUT2D eigenvalue weighted by atomic mass is 28.4. The van der Waals surface area contributed by atoms with Gasteiger partial charge in [0.25, 0.3) is 0 Å². The molecule has 0 N–H and O–H groups in total. The Morgan fingerprint density at radius 3 is 1.90 bits per heavy atom. The van der Waals surface area contributed by atoms with Gasteiger partial charge >= 0.3 is 0 Å². The van der Waals surface area contributed by atoms with Gasteiger partial charge in [-0.3, -0.25) is 0 Å². The number of allylic oxidation sites excluding steroid dienone is 6. The lowest BCUT2D eigenvalue weighted by molar-refractivity contribution is -0.0516. The molecular formula is C43H78O3Si2. The molecule has 5 unspecified atom stereocenters. The monoisotopic (exact) mass is 699 g/mol. The van der Waals surface area contributed by atoms with Crippen LogP contribution in [0.5, 0.6) is 0 Å². The van der Waals surface area contributed by atoms with Gasteiger partial charge in [-0.05, 0) is 135 Å².